The van der Waals surface area contributed by atoms with Crippen molar-refractivity contribution >= 4 is 12.0 Å². The summed E-state index contributed by atoms with van der Waals surface area (Å²) in [4.78, 5) is 20.0. The number of rotatable bonds is 3. The predicted octanol–water partition coefficient (Wildman–Crippen LogP) is -1.90. The summed E-state index contributed by atoms with van der Waals surface area (Å²) >= 11 is 0. The average Bonchev–Trinajstić information content (AvgIpc) is 1.81. The first kappa shape index (κ1) is 8.70. The van der Waals surface area contributed by atoms with Crippen molar-refractivity contribution < 1.29 is 19.8 Å². The SMILES string of the molecule is NC(=O)NC(CO)C(=O)O. The van der Waals surface area contributed by atoms with Crippen molar-refractivity contribution in [3.05, 3.63) is 0 Å². The monoisotopic (exact) mass is 148 g/mol. The minimum absolute atomic E-state index is 0.668. The molecule has 0 aliphatic heterocycles. The molecule has 1 unspecified atom stereocenters. The van der Waals surface area contributed by atoms with E-state index in [9.17, 15) is 9.59 Å². The van der Waals surface area contributed by atoms with E-state index in [0.29, 0.717) is 0 Å². The molecule has 0 fully saturated rings. The molecule has 2 amide bonds. The first-order valence-corrected chi connectivity index (χ1v) is 2.47. The van der Waals surface area contributed by atoms with Crippen LogP contribution in [0.2, 0.25) is 0 Å². The molecule has 0 aromatic rings. The lowest BCUT2D eigenvalue weighted by atomic mass is 10.3. The van der Waals surface area contributed by atoms with Gasteiger partial charge in [0.2, 0.25) is 0 Å². The Morgan fingerprint density at radius 3 is 2.20 bits per heavy atom. The van der Waals surface area contributed by atoms with Crippen LogP contribution >= 0.6 is 0 Å². The van der Waals surface area contributed by atoms with E-state index < -0.39 is 24.6 Å². The molecule has 1 atom stereocenters. The van der Waals surface area contributed by atoms with E-state index in [-0.39, 0.29) is 0 Å². The van der Waals surface area contributed by atoms with E-state index in [2.05, 4.69) is 5.73 Å². The number of urea groups is 1. The van der Waals surface area contributed by atoms with Gasteiger partial charge < -0.3 is 21.3 Å². The highest BCUT2D eigenvalue weighted by atomic mass is 16.4. The number of hydrogen-bond acceptors (Lipinski definition) is 3. The van der Waals surface area contributed by atoms with Crippen LogP contribution in [0.1, 0.15) is 0 Å². The molecule has 0 saturated carbocycles. The minimum atomic E-state index is -1.32. The summed E-state index contributed by atoms with van der Waals surface area (Å²) in [6, 6.07) is -2.28. The fourth-order valence-electron chi connectivity index (χ4n) is 0.357. The average molecular weight is 148 g/mol. The summed E-state index contributed by atoms with van der Waals surface area (Å²) in [5, 5.41) is 18.3. The van der Waals surface area contributed by atoms with Gasteiger partial charge in [-0.05, 0) is 0 Å². The Bertz CT molecular complexity index is 146. The topological polar surface area (TPSA) is 113 Å². The number of amides is 2. The number of primary amides is 1. The maximum atomic E-state index is 10.0. The van der Waals surface area contributed by atoms with Crippen LogP contribution in [0.15, 0.2) is 0 Å². The van der Waals surface area contributed by atoms with E-state index in [4.69, 9.17) is 10.2 Å². The number of carboxylic acid groups (broad SMARTS) is 1. The molecule has 0 radical (unpaired) electrons. The van der Waals surface area contributed by atoms with Crippen molar-refractivity contribution in [3.8, 4) is 0 Å². The summed E-state index contributed by atoms with van der Waals surface area (Å²) in [5.74, 6) is -1.32. The van der Waals surface area contributed by atoms with E-state index >= 15 is 0 Å². The van der Waals surface area contributed by atoms with Crippen molar-refractivity contribution in [2.45, 2.75) is 6.04 Å². The van der Waals surface area contributed by atoms with Crippen molar-refractivity contribution in [2.75, 3.05) is 6.61 Å². The Kier molecular flexibility index (Phi) is 3.20. The summed E-state index contributed by atoms with van der Waals surface area (Å²) in [6.07, 6.45) is 0. The highest BCUT2D eigenvalue weighted by Crippen LogP contribution is 1.79. The van der Waals surface area contributed by atoms with Crippen molar-refractivity contribution in [1.29, 1.82) is 0 Å². The molecule has 58 valence electrons. The lowest BCUT2D eigenvalue weighted by Gasteiger charge is -2.07. The van der Waals surface area contributed by atoms with Crippen LogP contribution in [-0.2, 0) is 4.79 Å². The molecule has 6 heteroatoms. The molecular weight excluding hydrogens is 140 g/mol. The van der Waals surface area contributed by atoms with Crippen LogP contribution in [0.5, 0.6) is 0 Å². The van der Waals surface area contributed by atoms with Gasteiger partial charge in [-0.25, -0.2) is 9.59 Å². The number of aliphatic carboxylic acids is 1. The molecule has 0 heterocycles. The quantitative estimate of drug-likeness (QED) is 0.374. The number of hydrogen-bond donors (Lipinski definition) is 4. The van der Waals surface area contributed by atoms with Crippen LogP contribution in [0.3, 0.4) is 0 Å². The number of nitrogens with one attached hydrogen (secondary N) is 1. The lowest BCUT2D eigenvalue weighted by molar-refractivity contribution is -0.140. The normalized spacial score (nSPS) is 12.1. The third kappa shape index (κ3) is 2.88. The second-order valence-electron chi connectivity index (χ2n) is 1.58. The number of carboxylic acids is 1. The van der Waals surface area contributed by atoms with Gasteiger partial charge in [-0.3, -0.25) is 0 Å². The van der Waals surface area contributed by atoms with Gasteiger partial charge in [0.1, 0.15) is 0 Å². The van der Waals surface area contributed by atoms with Gasteiger partial charge in [0.05, 0.1) is 6.61 Å². The van der Waals surface area contributed by atoms with Gasteiger partial charge in [-0.15, -0.1) is 0 Å². The number of nitrogens with two attached hydrogens (primary N) is 1. The molecule has 0 rings (SSSR count). The molecule has 5 N–H and O–H groups in total. The molecule has 10 heavy (non-hydrogen) atoms. The zero-order valence-electron chi connectivity index (χ0n) is 5.07. The third-order valence-electron chi connectivity index (χ3n) is 0.797. The Balaban J connectivity index is 3.83. The number of aliphatic hydroxyl groups excluding tert-OH is 1. The summed E-state index contributed by atoms with van der Waals surface area (Å²) in [6.45, 7) is -0.668. The summed E-state index contributed by atoms with van der Waals surface area (Å²) in [5.41, 5.74) is 4.58. The van der Waals surface area contributed by atoms with E-state index in [0.717, 1.165) is 0 Å². The van der Waals surface area contributed by atoms with Crippen molar-refractivity contribution in [1.82, 2.24) is 5.32 Å². The third-order valence-corrected chi connectivity index (χ3v) is 0.797. The Morgan fingerprint density at radius 1 is 1.60 bits per heavy atom. The Labute approximate surface area is 56.6 Å². The smallest absolute Gasteiger partial charge is 0.328 e. The van der Waals surface area contributed by atoms with Gasteiger partial charge in [-0.1, -0.05) is 0 Å². The molecule has 0 spiro atoms. The predicted molar refractivity (Wildman–Crippen MR) is 31.2 cm³/mol. The molecule has 0 aliphatic rings. The summed E-state index contributed by atoms with van der Waals surface area (Å²) in [7, 11) is 0. The van der Waals surface area contributed by atoms with Gasteiger partial charge in [0.25, 0.3) is 0 Å². The fourth-order valence-corrected chi connectivity index (χ4v) is 0.357. The maximum absolute atomic E-state index is 10.0. The largest absolute Gasteiger partial charge is 0.480 e. The van der Waals surface area contributed by atoms with Gasteiger partial charge in [-0.2, -0.15) is 0 Å². The maximum Gasteiger partial charge on any atom is 0.328 e. The van der Waals surface area contributed by atoms with Crippen LogP contribution in [-0.4, -0.2) is 34.9 Å². The standard InChI is InChI=1S/C4H8N2O4/c5-4(10)6-2(1-7)3(8)9/h2,7H,1H2,(H,8,9)(H3,5,6,10). The fraction of sp³-hybridized carbons (Fsp3) is 0.500. The van der Waals surface area contributed by atoms with E-state index in [1.807, 2.05) is 5.32 Å². The van der Waals surface area contributed by atoms with Gasteiger partial charge in [0, 0.05) is 0 Å². The zero-order chi connectivity index (χ0) is 8.15. The van der Waals surface area contributed by atoms with Gasteiger partial charge in [0.15, 0.2) is 6.04 Å². The highest BCUT2D eigenvalue weighted by molar-refractivity contribution is 5.81. The second-order valence-corrected chi connectivity index (χ2v) is 1.58. The van der Waals surface area contributed by atoms with Crippen LogP contribution in [0.25, 0.3) is 0 Å². The first-order valence-electron chi connectivity index (χ1n) is 2.47. The highest BCUT2D eigenvalue weighted by Gasteiger charge is 2.16. The lowest BCUT2D eigenvalue weighted by Crippen LogP contribution is -2.45. The number of carbonyl (C=O) groups excluding carboxylic acids is 1. The molecule has 0 bridgehead atoms. The molecule has 0 saturated heterocycles. The van der Waals surface area contributed by atoms with Gasteiger partial charge >= 0.3 is 12.0 Å². The van der Waals surface area contributed by atoms with Crippen molar-refractivity contribution in [2.24, 2.45) is 5.73 Å². The molecule has 0 aromatic carbocycles. The number of carbonyl (C=O) groups is 2. The molecule has 6 nitrogen and oxygen atoms in total. The Hall–Kier alpha value is -1.30. The zero-order valence-corrected chi connectivity index (χ0v) is 5.07. The van der Waals surface area contributed by atoms with Crippen LogP contribution in [0, 0.1) is 0 Å². The van der Waals surface area contributed by atoms with Crippen molar-refractivity contribution in [3.63, 3.8) is 0 Å². The van der Waals surface area contributed by atoms with E-state index in [1.54, 1.807) is 0 Å². The second kappa shape index (κ2) is 3.67. The Morgan fingerprint density at radius 2 is 2.10 bits per heavy atom. The number of aliphatic hydroxyl groups is 1. The molecule has 0 aromatic heterocycles. The minimum Gasteiger partial charge on any atom is -0.480 e. The van der Waals surface area contributed by atoms with E-state index in [1.165, 1.54) is 0 Å². The van der Waals surface area contributed by atoms with Crippen LogP contribution in [0.4, 0.5) is 4.79 Å². The molecular formula is C4H8N2O4. The first-order chi connectivity index (χ1) is 4.57. The molecule has 0 aliphatic carbocycles. The summed E-state index contributed by atoms with van der Waals surface area (Å²) < 4.78 is 0. The van der Waals surface area contributed by atoms with Crippen LogP contribution < -0.4 is 11.1 Å².